The van der Waals surface area contributed by atoms with E-state index in [-0.39, 0.29) is 10.8 Å². The average molecular weight is 353 g/mol. The molecule has 0 aliphatic carbocycles. The molecule has 1 amide bonds. The van der Waals surface area contributed by atoms with Gasteiger partial charge in [-0.15, -0.1) is 0 Å². The lowest BCUT2D eigenvalue weighted by molar-refractivity contribution is -0.115. The summed E-state index contributed by atoms with van der Waals surface area (Å²) in [5.74, 6) is -0.548. The Balaban J connectivity index is 2.45. The number of halogens is 4. The molecular formula is C12H9Cl4N3O. The number of aryl methyl sites for hydroxylation is 1. The van der Waals surface area contributed by atoms with Crippen LogP contribution in [0.2, 0.25) is 5.02 Å². The SMILES string of the molecule is Cc1nn(-c2ccccc2)c(NC(=O)C(Cl)(Cl)Cl)c1Cl. The molecule has 20 heavy (non-hydrogen) atoms. The van der Waals surface area contributed by atoms with Crippen LogP contribution in [0.4, 0.5) is 5.82 Å². The number of nitrogens with zero attached hydrogens (tertiary/aromatic N) is 2. The zero-order valence-electron chi connectivity index (χ0n) is 10.2. The minimum Gasteiger partial charge on any atom is -0.306 e. The predicted octanol–water partition coefficient (Wildman–Crippen LogP) is 4.14. The molecule has 0 saturated carbocycles. The van der Waals surface area contributed by atoms with Crippen molar-refractivity contribution in [1.29, 1.82) is 0 Å². The number of carbonyl (C=O) groups is 1. The second kappa shape index (κ2) is 5.82. The van der Waals surface area contributed by atoms with Crippen molar-refractivity contribution in [3.8, 4) is 5.69 Å². The van der Waals surface area contributed by atoms with Crippen LogP contribution in [0, 0.1) is 6.92 Å². The summed E-state index contributed by atoms with van der Waals surface area (Å²) >= 11 is 22.7. The van der Waals surface area contributed by atoms with Crippen molar-refractivity contribution >= 4 is 58.1 Å². The first kappa shape index (κ1) is 15.4. The molecule has 4 nitrogen and oxygen atoms in total. The summed E-state index contributed by atoms with van der Waals surface area (Å²) in [5.41, 5.74) is 1.28. The first-order valence-corrected chi connectivity index (χ1v) is 7.00. The van der Waals surface area contributed by atoms with Crippen LogP contribution in [0.5, 0.6) is 0 Å². The van der Waals surface area contributed by atoms with Gasteiger partial charge in [0.05, 0.1) is 11.4 Å². The summed E-state index contributed by atoms with van der Waals surface area (Å²) in [6.45, 7) is 1.72. The minimum absolute atomic E-state index is 0.256. The van der Waals surface area contributed by atoms with Gasteiger partial charge in [-0.1, -0.05) is 64.6 Å². The fraction of sp³-hybridized carbons (Fsp3) is 0.167. The lowest BCUT2D eigenvalue weighted by Crippen LogP contribution is -2.28. The number of aromatic nitrogens is 2. The number of hydrogen-bond acceptors (Lipinski definition) is 2. The maximum Gasteiger partial charge on any atom is 0.277 e. The normalized spacial score (nSPS) is 11.4. The Labute approximate surface area is 135 Å². The maximum absolute atomic E-state index is 11.8. The van der Waals surface area contributed by atoms with Crippen molar-refractivity contribution in [2.45, 2.75) is 10.7 Å². The Bertz CT molecular complexity index is 634. The molecule has 0 radical (unpaired) electrons. The largest absolute Gasteiger partial charge is 0.306 e. The highest BCUT2D eigenvalue weighted by Gasteiger charge is 2.32. The summed E-state index contributed by atoms with van der Waals surface area (Å²) < 4.78 is -0.602. The van der Waals surface area contributed by atoms with Crippen LogP contribution in [-0.4, -0.2) is 19.5 Å². The Morgan fingerprint density at radius 2 is 1.85 bits per heavy atom. The van der Waals surface area contributed by atoms with E-state index in [0.717, 1.165) is 5.69 Å². The van der Waals surface area contributed by atoms with Gasteiger partial charge in [-0.3, -0.25) is 4.79 Å². The Kier molecular flexibility index (Phi) is 4.49. The molecule has 0 spiro atoms. The van der Waals surface area contributed by atoms with Crippen molar-refractivity contribution in [2.24, 2.45) is 0 Å². The number of benzene rings is 1. The van der Waals surface area contributed by atoms with Crippen LogP contribution < -0.4 is 5.32 Å². The lowest BCUT2D eigenvalue weighted by atomic mass is 10.3. The lowest BCUT2D eigenvalue weighted by Gasteiger charge is -2.13. The predicted molar refractivity (Wildman–Crippen MR) is 82.2 cm³/mol. The maximum atomic E-state index is 11.8. The number of carbonyl (C=O) groups excluding carboxylic acids is 1. The summed E-state index contributed by atoms with van der Waals surface area (Å²) in [5, 5.41) is 7.02. The van der Waals surface area contributed by atoms with E-state index >= 15 is 0 Å². The molecule has 1 aromatic heterocycles. The Hall–Kier alpha value is -0.940. The van der Waals surface area contributed by atoms with Gasteiger partial charge in [-0.2, -0.15) is 5.10 Å². The number of hydrogen-bond donors (Lipinski definition) is 1. The third-order valence-corrected chi connectivity index (χ3v) is 3.44. The monoisotopic (exact) mass is 351 g/mol. The number of amides is 1. The van der Waals surface area contributed by atoms with E-state index in [9.17, 15) is 4.79 Å². The molecule has 106 valence electrons. The van der Waals surface area contributed by atoms with E-state index in [1.807, 2.05) is 30.3 Å². The van der Waals surface area contributed by atoms with Crippen molar-refractivity contribution in [2.75, 3.05) is 5.32 Å². The zero-order valence-corrected chi connectivity index (χ0v) is 13.2. The third-order valence-electron chi connectivity index (χ3n) is 2.48. The average Bonchev–Trinajstić information content (AvgIpc) is 2.67. The van der Waals surface area contributed by atoms with Gasteiger partial charge in [0.2, 0.25) is 0 Å². The van der Waals surface area contributed by atoms with Gasteiger partial charge in [0.1, 0.15) is 5.02 Å². The molecule has 0 bridgehead atoms. The summed E-state index contributed by atoms with van der Waals surface area (Å²) in [6, 6.07) is 9.16. The van der Waals surface area contributed by atoms with E-state index in [1.165, 1.54) is 4.68 Å². The molecule has 0 atom stereocenters. The van der Waals surface area contributed by atoms with Gasteiger partial charge >= 0.3 is 0 Å². The molecule has 2 rings (SSSR count). The number of nitrogens with one attached hydrogen (secondary N) is 1. The first-order valence-electron chi connectivity index (χ1n) is 5.49. The Morgan fingerprint density at radius 3 is 2.40 bits per heavy atom. The summed E-state index contributed by atoms with van der Waals surface area (Å²) in [6.07, 6.45) is 0. The van der Waals surface area contributed by atoms with E-state index in [1.54, 1.807) is 6.92 Å². The molecular weight excluding hydrogens is 344 g/mol. The van der Waals surface area contributed by atoms with Crippen LogP contribution in [0.3, 0.4) is 0 Å². The van der Waals surface area contributed by atoms with Crippen LogP contribution in [-0.2, 0) is 4.79 Å². The molecule has 8 heteroatoms. The smallest absolute Gasteiger partial charge is 0.277 e. The van der Waals surface area contributed by atoms with Crippen LogP contribution >= 0.6 is 46.4 Å². The molecule has 1 aromatic carbocycles. The quantitative estimate of drug-likeness (QED) is 0.825. The number of alkyl halides is 3. The Morgan fingerprint density at radius 1 is 1.25 bits per heavy atom. The minimum atomic E-state index is -2.08. The number of para-hydroxylation sites is 1. The van der Waals surface area contributed by atoms with Crippen molar-refractivity contribution in [3.63, 3.8) is 0 Å². The van der Waals surface area contributed by atoms with E-state index in [0.29, 0.717) is 5.69 Å². The number of anilines is 1. The molecule has 0 unspecified atom stereocenters. The highest BCUT2D eigenvalue weighted by atomic mass is 35.6. The molecule has 0 saturated heterocycles. The summed E-state index contributed by atoms with van der Waals surface area (Å²) in [4.78, 5) is 11.8. The second-order valence-electron chi connectivity index (χ2n) is 3.95. The van der Waals surface area contributed by atoms with E-state index < -0.39 is 9.70 Å². The van der Waals surface area contributed by atoms with Gasteiger partial charge in [0.15, 0.2) is 5.82 Å². The molecule has 0 fully saturated rings. The highest BCUT2D eigenvalue weighted by Crippen LogP contribution is 2.32. The zero-order chi connectivity index (χ0) is 14.9. The van der Waals surface area contributed by atoms with Gasteiger partial charge in [0, 0.05) is 0 Å². The fourth-order valence-corrected chi connectivity index (χ4v) is 1.86. The fourth-order valence-electron chi connectivity index (χ4n) is 1.55. The first-order chi connectivity index (χ1) is 9.30. The van der Waals surface area contributed by atoms with Gasteiger partial charge in [-0.05, 0) is 19.1 Å². The second-order valence-corrected chi connectivity index (χ2v) is 6.61. The topological polar surface area (TPSA) is 46.9 Å². The molecule has 0 aliphatic rings. The van der Waals surface area contributed by atoms with Gasteiger partial charge in [-0.25, -0.2) is 4.68 Å². The molecule has 1 heterocycles. The van der Waals surface area contributed by atoms with Crippen molar-refractivity contribution in [3.05, 3.63) is 41.0 Å². The van der Waals surface area contributed by atoms with Crippen LogP contribution in [0.15, 0.2) is 30.3 Å². The van der Waals surface area contributed by atoms with Crippen molar-refractivity contribution in [1.82, 2.24) is 9.78 Å². The van der Waals surface area contributed by atoms with Gasteiger partial charge < -0.3 is 5.32 Å². The standard InChI is InChI=1S/C12H9Cl4N3O/c1-7-9(13)10(17-11(20)12(14,15)16)19(18-7)8-5-3-2-4-6-8/h2-6H,1H3,(H,17,20). The van der Waals surface area contributed by atoms with Crippen LogP contribution in [0.1, 0.15) is 5.69 Å². The van der Waals surface area contributed by atoms with Gasteiger partial charge in [0.25, 0.3) is 9.70 Å². The van der Waals surface area contributed by atoms with Crippen LogP contribution in [0.25, 0.3) is 5.69 Å². The van der Waals surface area contributed by atoms with E-state index in [4.69, 9.17) is 46.4 Å². The number of rotatable bonds is 2. The molecule has 2 aromatic rings. The molecule has 0 aliphatic heterocycles. The molecule has 1 N–H and O–H groups in total. The summed E-state index contributed by atoms with van der Waals surface area (Å²) in [7, 11) is 0. The van der Waals surface area contributed by atoms with E-state index in [2.05, 4.69) is 10.4 Å². The highest BCUT2D eigenvalue weighted by molar-refractivity contribution is 6.76. The third kappa shape index (κ3) is 3.20. The van der Waals surface area contributed by atoms with Crippen molar-refractivity contribution < 1.29 is 4.79 Å².